The van der Waals surface area contributed by atoms with E-state index in [9.17, 15) is 5.11 Å². The smallest absolute Gasteiger partial charge is 0.212 e. The first-order chi connectivity index (χ1) is 16.1. The number of aromatic amines is 1. The molecule has 0 aliphatic carbocycles. The molecule has 6 nitrogen and oxygen atoms in total. The van der Waals surface area contributed by atoms with Crippen molar-refractivity contribution < 1.29 is 9.84 Å². The maximum Gasteiger partial charge on any atom is 0.212 e. The van der Waals surface area contributed by atoms with E-state index in [2.05, 4.69) is 52.1 Å². The van der Waals surface area contributed by atoms with E-state index in [4.69, 9.17) is 9.72 Å². The zero-order valence-electron chi connectivity index (χ0n) is 19.2. The second-order valence-electron chi connectivity index (χ2n) is 8.77. The van der Waals surface area contributed by atoms with Crippen LogP contribution in [0, 0.1) is 0 Å². The first-order valence-corrected chi connectivity index (χ1v) is 11.7. The minimum atomic E-state index is -0.194. The summed E-state index contributed by atoms with van der Waals surface area (Å²) in [4.78, 5) is 14.9. The number of likely N-dealkylation sites (tertiary alicyclic amines) is 1. The summed E-state index contributed by atoms with van der Waals surface area (Å²) in [6.07, 6.45) is 6.46. The van der Waals surface area contributed by atoms with Crippen LogP contribution in [-0.4, -0.2) is 51.3 Å². The van der Waals surface area contributed by atoms with Crippen LogP contribution < -0.4 is 4.74 Å². The van der Waals surface area contributed by atoms with Gasteiger partial charge < -0.3 is 14.8 Å². The standard InChI is InChI=1S/C27H30N4O2/c1-3-24-26(20-10-11-25(33-2)28-14-20)23-13-21(15-29-27(23)30-24)19-8-6-18(7-9-19)16-31-12-4-5-22(32)17-31/h6-11,13-15,22,32H,3-5,12,16-17H2,1-2H3,(H,29,30). The Labute approximate surface area is 194 Å². The fourth-order valence-corrected chi connectivity index (χ4v) is 4.76. The van der Waals surface area contributed by atoms with Gasteiger partial charge in [0.15, 0.2) is 0 Å². The van der Waals surface area contributed by atoms with E-state index in [0.717, 1.165) is 77.9 Å². The quantitative estimate of drug-likeness (QED) is 0.448. The predicted octanol–water partition coefficient (Wildman–Crippen LogP) is 4.82. The van der Waals surface area contributed by atoms with Gasteiger partial charge in [-0.25, -0.2) is 9.97 Å². The number of nitrogens with zero attached hydrogens (tertiary/aromatic N) is 3. The van der Waals surface area contributed by atoms with Gasteiger partial charge in [0.05, 0.1) is 13.2 Å². The number of nitrogens with one attached hydrogen (secondary N) is 1. The van der Waals surface area contributed by atoms with E-state index in [0.29, 0.717) is 5.88 Å². The van der Waals surface area contributed by atoms with Gasteiger partial charge >= 0.3 is 0 Å². The molecule has 4 aromatic rings. The highest BCUT2D eigenvalue weighted by Crippen LogP contribution is 2.34. The van der Waals surface area contributed by atoms with Crippen LogP contribution in [0.5, 0.6) is 5.88 Å². The zero-order valence-corrected chi connectivity index (χ0v) is 19.2. The van der Waals surface area contributed by atoms with E-state index in [1.54, 1.807) is 7.11 Å². The molecule has 5 rings (SSSR count). The van der Waals surface area contributed by atoms with Gasteiger partial charge in [-0.05, 0) is 49.1 Å². The van der Waals surface area contributed by atoms with E-state index >= 15 is 0 Å². The highest BCUT2D eigenvalue weighted by Gasteiger charge is 2.18. The summed E-state index contributed by atoms with van der Waals surface area (Å²) in [5.41, 5.74) is 7.75. The van der Waals surface area contributed by atoms with Crippen molar-refractivity contribution in [2.24, 2.45) is 0 Å². The largest absolute Gasteiger partial charge is 0.481 e. The van der Waals surface area contributed by atoms with Crippen molar-refractivity contribution in [1.29, 1.82) is 0 Å². The number of β-amino-alcohol motifs (C(OH)–C–C–N with tert-alkyl or cyclic N) is 1. The molecule has 1 aromatic carbocycles. The van der Waals surface area contributed by atoms with Gasteiger partial charge in [-0.3, -0.25) is 4.90 Å². The minimum absolute atomic E-state index is 0.194. The Balaban J connectivity index is 1.45. The Hall–Kier alpha value is -3.22. The van der Waals surface area contributed by atoms with Gasteiger partial charge in [-0.15, -0.1) is 0 Å². The average Bonchev–Trinajstić information content (AvgIpc) is 3.22. The second-order valence-corrected chi connectivity index (χ2v) is 8.77. The molecule has 1 saturated heterocycles. The summed E-state index contributed by atoms with van der Waals surface area (Å²) in [5.74, 6) is 0.606. The van der Waals surface area contributed by atoms with Crippen molar-refractivity contribution >= 4 is 11.0 Å². The topological polar surface area (TPSA) is 74.3 Å². The third kappa shape index (κ3) is 4.49. The molecule has 170 valence electrons. The highest BCUT2D eigenvalue weighted by atomic mass is 16.5. The number of rotatable bonds is 6. The number of benzene rings is 1. The average molecular weight is 443 g/mol. The molecule has 1 aliphatic rings. The molecular formula is C27H30N4O2. The normalized spacial score (nSPS) is 16.9. The van der Waals surface area contributed by atoms with E-state index < -0.39 is 0 Å². The molecule has 1 fully saturated rings. The van der Waals surface area contributed by atoms with Crippen molar-refractivity contribution in [1.82, 2.24) is 19.9 Å². The number of fused-ring (bicyclic) bond motifs is 1. The number of pyridine rings is 2. The molecule has 0 saturated carbocycles. The van der Waals surface area contributed by atoms with Crippen molar-refractivity contribution in [3.05, 3.63) is 66.1 Å². The number of ether oxygens (including phenoxy) is 1. The number of H-pyrrole nitrogens is 1. The van der Waals surface area contributed by atoms with Gasteiger partial charge in [0.25, 0.3) is 0 Å². The highest BCUT2D eigenvalue weighted by molar-refractivity contribution is 5.97. The third-order valence-electron chi connectivity index (χ3n) is 6.49. The minimum Gasteiger partial charge on any atom is -0.481 e. The molecule has 0 bridgehead atoms. The molecule has 0 radical (unpaired) electrons. The van der Waals surface area contributed by atoms with Crippen molar-refractivity contribution in [2.45, 2.75) is 38.8 Å². The van der Waals surface area contributed by atoms with Gasteiger partial charge in [0, 0.05) is 59.3 Å². The van der Waals surface area contributed by atoms with Gasteiger partial charge in [-0.2, -0.15) is 0 Å². The third-order valence-corrected chi connectivity index (χ3v) is 6.49. The summed E-state index contributed by atoms with van der Waals surface area (Å²) in [5, 5.41) is 11.0. The summed E-state index contributed by atoms with van der Waals surface area (Å²) >= 11 is 0. The lowest BCUT2D eigenvalue weighted by atomic mass is 10.00. The maximum atomic E-state index is 9.93. The van der Waals surface area contributed by atoms with E-state index in [1.807, 2.05) is 24.5 Å². The van der Waals surface area contributed by atoms with Crippen LogP contribution in [0.2, 0.25) is 0 Å². The van der Waals surface area contributed by atoms with E-state index in [-0.39, 0.29) is 6.10 Å². The number of aliphatic hydroxyl groups excluding tert-OH is 1. The van der Waals surface area contributed by atoms with Gasteiger partial charge in [0.1, 0.15) is 5.65 Å². The van der Waals surface area contributed by atoms with Crippen LogP contribution in [-0.2, 0) is 13.0 Å². The lowest BCUT2D eigenvalue weighted by molar-refractivity contribution is 0.0668. The molecule has 33 heavy (non-hydrogen) atoms. The monoisotopic (exact) mass is 442 g/mol. The first kappa shape index (κ1) is 21.6. The van der Waals surface area contributed by atoms with Crippen LogP contribution in [0.3, 0.4) is 0 Å². The number of aryl methyl sites for hydroxylation is 1. The second kappa shape index (κ2) is 9.33. The van der Waals surface area contributed by atoms with Crippen molar-refractivity contribution in [2.75, 3.05) is 20.2 Å². The summed E-state index contributed by atoms with van der Waals surface area (Å²) in [7, 11) is 1.63. The lowest BCUT2D eigenvalue weighted by Crippen LogP contribution is -2.37. The Morgan fingerprint density at radius 3 is 2.55 bits per heavy atom. The van der Waals surface area contributed by atoms with Crippen LogP contribution in [0.4, 0.5) is 0 Å². The zero-order chi connectivity index (χ0) is 22.8. The number of methoxy groups -OCH3 is 1. The molecule has 1 unspecified atom stereocenters. The fourth-order valence-electron chi connectivity index (χ4n) is 4.76. The van der Waals surface area contributed by atoms with Crippen LogP contribution in [0.15, 0.2) is 54.9 Å². The van der Waals surface area contributed by atoms with Crippen LogP contribution in [0.1, 0.15) is 31.0 Å². The summed E-state index contributed by atoms with van der Waals surface area (Å²) in [6, 6.07) is 14.9. The number of hydrogen-bond donors (Lipinski definition) is 2. The first-order valence-electron chi connectivity index (χ1n) is 11.7. The number of aliphatic hydroxyl groups is 1. The Morgan fingerprint density at radius 1 is 1.06 bits per heavy atom. The van der Waals surface area contributed by atoms with Gasteiger partial charge in [0.2, 0.25) is 5.88 Å². The van der Waals surface area contributed by atoms with E-state index in [1.165, 1.54) is 5.56 Å². The number of piperidine rings is 1. The molecular weight excluding hydrogens is 412 g/mol. The van der Waals surface area contributed by atoms with Crippen LogP contribution in [0.25, 0.3) is 33.3 Å². The number of hydrogen-bond acceptors (Lipinski definition) is 5. The lowest BCUT2D eigenvalue weighted by Gasteiger charge is -2.29. The molecule has 0 amide bonds. The number of aromatic nitrogens is 3. The molecule has 0 spiro atoms. The van der Waals surface area contributed by atoms with Gasteiger partial charge in [-0.1, -0.05) is 31.2 Å². The SMILES string of the molecule is CCc1[nH]c2ncc(-c3ccc(CN4CCCC(O)C4)cc3)cc2c1-c1ccc(OC)nc1. The maximum absolute atomic E-state index is 9.93. The molecule has 4 heterocycles. The summed E-state index contributed by atoms with van der Waals surface area (Å²) in [6.45, 7) is 4.83. The Bertz CT molecular complexity index is 1230. The summed E-state index contributed by atoms with van der Waals surface area (Å²) < 4.78 is 5.22. The fraction of sp³-hybridized carbons (Fsp3) is 0.333. The molecule has 1 atom stereocenters. The van der Waals surface area contributed by atoms with Crippen molar-refractivity contribution in [3.63, 3.8) is 0 Å². The molecule has 6 heteroatoms. The Morgan fingerprint density at radius 2 is 1.85 bits per heavy atom. The molecule has 2 N–H and O–H groups in total. The predicted molar refractivity (Wildman–Crippen MR) is 131 cm³/mol. The van der Waals surface area contributed by atoms with Crippen LogP contribution >= 0.6 is 0 Å². The molecule has 3 aromatic heterocycles. The Kier molecular flexibility index (Phi) is 6.11. The van der Waals surface area contributed by atoms with Crippen molar-refractivity contribution in [3.8, 4) is 28.1 Å². The molecule has 1 aliphatic heterocycles.